The van der Waals surface area contributed by atoms with E-state index in [1.807, 2.05) is 0 Å². The average Bonchev–Trinajstić information content (AvgIpc) is 2.42. The van der Waals surface area contributed by atoms with E-state index >= 15 is 0 Å². The number of ether oxygens (including phenoxy) is 2. The van der Waals surface area contributed by atoms with Crippen molar-refractivity contribution in [3.63, 3.8) is 0 Å². The first-order chi connectivity index (χ1) is 11.7. The van der Waals surface area contributed by atoms with Crippen LogP contribution in [0.25, 0.3) is 0 Å². The van der Waals surface area contributed by atoms with Crippen molar-refractivity contribution in [1.82, 2.24) is 0 Å². The Morgan fingerprint density at radius 2 is 1.84 bits per heavy atom. The van der Waals surface area contributed by atoms with Crippen molar-refractivity contribution in [3.05, 3.63) is 22.5 Å². The van der Waals surface area contributed by atoms with Crippen molar-refractivity contribution in [1.29, 1.82) is 0 Å². The average molecular weight is 415 g/mol. The van der Waals surface area contributed by atoms with Crippen LogP contribution in [-0.4, -0.2) is 30.7 Å². The van der Waals surface area contributed by atoms with Gasteiger partial charge in [-0.15, -0.1) is 0 Å². The van der Waals surface area contributed by atoms with Crippen LogP contribution in [0.1, 0.15) is 52.4 Å². The van der Waals surface area contributed by atoms with Gasteiger partial charge in [-0.2, -0.15) is 0 Å². The summed E-state index contributed by atoms with van der Waals surface area (Å²) < 4.78 is 26.1. The third-order valence-electron chi connectivity index (χ3n) is 7.17. The van der Waals surface area contributed by atoms with E-state index in [0.29, 0.717) is 10.4 Å². The fourth-order valence-corrected chi connectivity index (χ4v) is 8.56. The molecule has 1 N–H and O–H groups in total. The molecule has 140 valence electrons. The molecular weight excluding hydrogens is 387 g/mol. The highest BCUT2D eigenvalue weighted by molar-refractivity contribution is 9.11. The van der Waals surface area contributed by atoms with Crippen LogP contribution in [0.2, 0.25) is 0 Å². The fraction of sp³-hybridized carbons (Fsp3) is 0.800. The van der Waals surface area contributed by atoms with E-state index in [9.17, 15) is 9.50 Å². The molecule has 4 atom stereocenters. The maximum atomic E-state index is 14.0. The summed E-state index contributed by atoms with van der Waals surface area (Å²) in [6, 6.07) is 0. The normalized spacial score (nSPS) is 51.4. The van der Waals surface area contributed by atoms with Crippen LogP contribution >= 0.6 is 15.9 Å². The molecule has 0 heterocycles. The van der Waals surface area contributed by atoms with Gasteiger partial charge in [-0.3, -0.25) is 0 Å². The van der Waals surface area contributed by atoms with Gasteiger partial charge in [0, 0.05) is 17.0 Å². The van der Waals surface area contributed by atoms with Crippen molar-refractivity contribution in [2.75, 3.05) is 13.9 Å². The molecule has 0 amide bonds. The molecule has 0 aromatic rings. The minimum absolute atomic E-state index is 0.0787. The zero-order valence-electron chi connectivity index (χ0n) is 15.3. The van der Waals surface area contributed by atoms with Gasteiger partial charge < -0.3 is 14.6 Å². The smallest absolute Gasteiger partial charge is 0.147 e. The first-order valence-corrected chi connectivity index (χ1v) is 10.0. The largest absolute Gasteiger partial charge is 0.385 e. The van der Waals surface area contributed by atoms with E-state index in [0.717, 1.165) is 19.3 Å². The van der Waals surface area contributed by atoms with Crippen LogP contribution in [0.3, 0.4) is 0 Å². The lowest BCUT2D eigenvalue weighted by Gasteiger charge is -2.70. The van der Waals surface area contributed by atoms with Gasteiger partial charge in [0.2, 0.25) is 0 Å². The molecule has 0 spiro atoms. The predicted molar refractivity (Wildman–Crippen MR) is 97.7 cm³/mol. The van der Waals surface area contributed by atoms with Crippen LogP contribution in [0.5, 0.6) is 0 Å². The second-order valence-corrected chi connectivity index (χ2v) is 10.5. The third kappa shape index (κ3) is 2.53. The topological polar surface area (TPSA) is 38.7 Å². The van der Waals surface area contributed by atoms with Gasteiger partial charge in [0.15, 0.2) is 0 Å². The molecule has 4 bridgehead atoms. The number of rotatable bonds is 4. The van der Waals surface area contributed by atoms with Gasteiger partial charge in [-0.05, 0) is 67.4 Å². The SMILES string of the molecule is COCOC1(C23CC4CC(C)(CC(C)(C4)C2)C3)C(Br)=CC(F)=CC1O. The van der Waals surface area contributed by atoms with Gasteiger partial charge in [-0.25, -0.2) is 4.39 Å². The molecular formula is C20H28BrFO3. The Balaban J connectivity index is 1.85. The number of methoxy groups -OCH3 is 1. The van der Waals surface area contributed by atoms with Crippen molar-refractivity contribution >= 4 is 15.9 Å². The van der Waals surface area contributed by atoms with Crippen LogP contribution in [-0.2, 0) is 9.47 Å². The number of aliphatic hydroxyl groups excluding tert-OH is 1. The van der Waals surface area contributed by atoms with E-state index in [1.54, 1.807) is 7.11 Å². The first-order valence-electron chi connectivity index (χ1n) is 9.22. The lowest BCUT2D eigenvalue weighted by Crippen LogP contribution is -2.68. The third-order valence-corrected chi connectivity index (χ3v) is 7.99. The van der Waals surface area contributed by atoms with E-state index in [-0.39, 0.29) is 23.0 Å². The van der Waals surface area contributed by atoms with Crippen molar-refractivity contribution < 1.29 is 19.0 Å². The molecule has 4 fully saturated rings. The highest BCUT2D eigenvalue weighted by Gasteiger charge is 2.69. The van der Waals surface area contributed by atoms with Gasteiger partial charge in [0.05, 0.1) is 0 Å². The molecule has 5 aliphatic rings. The Labute approximate surface area is 157 Å². The Morgan fingerprint density at radius 3 is 2.36 bits per heavy atom. The Kier molecular flexibility index (Phi) is 4.09. The standard InChI is InChI=1S/C20H28BrFO3/c1-17-6-13-7-18(2,9-17)11-19(8-13,10-17)20(25-12-24-3)15(21)4-14(22)5-16(20)23/h4-5,13,16,23H,6-12H2,1-3H3. The van der Waals surface area contributed by atoms with E-state index in [2.05, 4.69) is 29.8 Å². The lowest BCUT2D eigenvalue weighted by molar-refractivity contribution is -0.265. The van der Waals surface area contributed by atoms with Gasteiger partial charge in [-0.1, -0.05) is 29.8 Å². The van der Waals surface area contributed by atoms with Gasteiger partial charge in [0.25, 0.3) is 0 Å². The van der Waals surface area contributed by atoms with Gasteiger partial charge >= 0.3 is 0 Å². The number of aliphatic hydroxyl groups is 1. The molecule has 5 heteroatoms. The van der Waals surface area contributed by atoms with E-state index in [4.69, 9.17) is 9.47 Å². The molecule has 25 heavy (non-hydrogen) atoms. The van der Waals surface area contributed by atoms with E-state index < -0.39 is 17.5 Å². The first kappa shape index (κ1) is 18.1. The minimum atomic E-state index is -1.02. The fourth-order valence-electron chi connectivity index (χ4n) is 7.57. The molecule has 0 aliphatic heterocycles. The van der Waals surface area contributed by atoms with Crippen molar-refractivity contribution in [2.45, 2.75) is 64.1 Å². The summed E-state index contributed by atoms with van der Waals surface area (Å²) in [5.41, 5.74) is -0.643. The summed E-state index contributed by atoms with van der Waals surface area (Å²) in [4.78, 5) is 0. The molecule has 0 aromatic heterocycles. The zero-order valence-corrected chi connectivity index (χ0v) is 16.9. The van der Waals surface area contributed by atoms with Crippen LogP contribution in [0.4, 0.5) is 4.39 Å². The lowest BCUT2D eigenvalue weighted by atomic mass is 9.37. The van der Waals surface area contributed by atoms with Crippen molar-refractivity contribution in [3.8, 4) is 0 Å². The summed E-state index contributed by atoms with van der Waals surface area (Å²) in [7, 11) is 1.58. The number of allylic oxidation sites excluding steroid dienone is 2. The molecule has 4 saturated carbocycles. The Morgan fingerprint density at radius 1 is 1.20 bits per heavy atom. The molecule has 0 saturated heterocycles. The number of hydrogen-bond acceptors (Lipinski definition) is 3. The monoisotopic (exact) mass is 414 g/mol. The maximum Gasteiger partial charge on any atom is 0.147 e. The number of halogens is 2. The minimum Gasteiger partial charge on any atom is -0.385 e. The summed E-state index contributed by atoms with van der Waals surface area (Å²) in [5, 5.41) is 11.0. The second-order valence-electron chi connectivity index (χ2n) is 9.69. The van der Waals surface area contributed by atoms with Crippen molar-refractivity contribution in [2.24, 2.45) is 22.2 Å². The van der Waals surface area contributed by atoms with Gasteiger partial charge in [0.1, 0.15) is 24.3 Å². The highest BCUT2D eigenvalue weighted by Crippen LogP contribution is 2.74. The quantitative estimate of drug-likeness (QED) is 0.668. The number of hydrogen-bond donors (Lipinski definition) is 1. The summed E-state index contributed by atoms with van der Waals surface area (Å²) >= 11 is 3.59. The summed E-state index contributed by atoms with van der Waals surface area (Å²) in [6.07, 6.45) is 8.52. The summed E-state index contributed by atoms with van der Waals surface area (Å²) in [5.74, 6) is 0.232. The second kappa shape index (κ2) is 5.63. The molecule has 0 aromatic carbocycles. The molecule has 0 radical (unpaired) electrons. The van der Waals surface area contributed by atoms with E-state index in [1.165, 1.54) is 31.4 Å². The van der Waals surface area contributed by atoms with Crippen LogP contribution < -0.4 is 0 Å². The Hall–Kier alpha value is -0.230. The van der Waals surface area contributed by atoms with Crippen LogP contribution in [0, 0.1) is 22.2 Å². The maximum absolute atomic E-state index is 14.0. The molecule has 5 aliphatic carbocycles. The molecule has 3 nitrogen and oxygen atoms in total. The highest BCUT2D eigenvalue weighted by atomic mass is 79.9. The van der Waals surface area contributed by atoms with Crippen LogP contribution in [0.15, 0.2) is 22.5 Å². The molecule has 4 unspecified atom stereocenters. The predicted octanol–water partition coefficient (Wildman–Crippen LogP) is 4.85. The Bertz CT molecular complexity index is 627. The zero-order chi connectivity index (χ0) is 18.1. The molecule has 5 rings (SSSR count). The summed E-state index contributed by atoms with van der Waals surface area (Å²) in [6.45, 7) is 4.85.